The monoisotopic (exact) mass is 302 g/mol. The van der Waals surface area contributed by atoms with Crippen molar-refractivity contribution < 1.29 is 15.0 Å². The van der Waals surface area contributed by atoms with Crippen LogP contribution in [0.25, 0.3) is 5.52 Å². The molecule has 1 aliphatic heterocycles. The lowest BCUT2D eigenvalue weighted by molar-refractivity contribution is 0.0638. The summed E-state index contributed by atoms with van der Waals surface area (Å²) in [6.07, 6.45) is 1.63. The van der Waals surface area contributed by atoms with E-state index in [1.807, 2.05) is 13.0 Å². The molecule has 2 aliphatic rings. The highest BCUT2D eigenvalue weighted by Gasteiger charge is 2.68. The van der Waals surface area contributed by atoms with Gasteiger partial charge in [0.2, 0.25) is 0 Å². The van der Waals surface area contributed by atoms with Gasteiger partial charge in [-0.25, -0.2) is 0 Å². The Bertz CT molecular complexity index is 738. The maximum absolute atomic E-state index is 12.8. The van der Waals surface area contributed by atoms with Gasteiger partial charge in [-0.1, -0.05) is 0 Å². The fraction of sp³-hybridized carbons (Fsp3) is 0.533. The first kappa shape index (κ1) is 13.7. The van der Waals surface area contributed by atoms with Gasteiger partial charge in [0, 0.05) is 24.7 Å². The Morgan fingerprint density at radius 2 is 2.05 bits per heavy atom. The maximum Gasteiger partial charge on any atom is 0.258 e. The number of aliphatic hydroxyl groups excluding tert-OH is 2. The third-order valence-electron chi connectivity index (χ3n) is 5.37. The number of carbonyl (C=O) groups excluding carboxylic acids is 1. The number of likely N-dealkylation sites (tertiary alicyclic amines) is 1. The molecule has 2 unspecified atom stereocenters. The lowest BCUT2D eigenvalue weighted by atomic mass is 10.0. The molecule has 3 heterocycles. The molecule has 0 bridgehead atoms. The van der Waals surface area contributed by atoms with Crippen LogP contribution in [0.3, 0.4) is 0 Å². The number of amides is 1. The number of nitrogens with zero attached hydrogens (tertiary/aromatic N) is 4. The second-order valence-corrected chi connectivity index (χ2v) is 6.33. The third kappa shape index (κ3) is 1.60. The Kier molecular flexibility index (Phi) is 2.79. The van der Waals surface area contributed by atoms with E-state index in [1.165, 1.54) is 4.63 Å². The molecule has 1 saturated heterocycles. The lowest BCUT2D eigenvalue weighted by Gasteiger charge is -2.24. The molecule has 7 nitrogen and oxygen atoms in total. The molecule has 7 heteroatoms. The quantitative estimate of drug-likeness (QED) is 0.813. The molecule has 1 saturated carbocycles. The van der Waals surface area contributed by atoms with E-state index in [0.717, 1.165) is 0 Å². The number of hydrogen-bond acceptors (Lipinski definition) is 5. The molecule has 116 valence electrons. The van der Waals surface area contributed by atoms with Crippen molar-refractivity contribution >= 4 is 11.4 Å². The van der Waals surface area contributed by atoms with E-state index in [9.17, 15) is 15.0 Å². The Morgan fingerprint density at radius 3 is 2.68 bits per heavy atom. The van der Waals surface area contributed by atoms with Gasteiger partial charge in [-0.05, 0) is 30.9 Å². The number of aliphatic hydroxyl groups is 2. The van der Waals surface area contributed by atoms with Crippen molar-refractivity contribution in [1.82, 2.24) is 19.7 Å². The molecule has 0 aromatic carbocycles. The van der Waals surface area contributed by atoms with Crippen LogP contribution in [-0.2, 0) is 0 Å². The largest absolute Gasteiger partial charge is 0.396 e. The van der Waals surface area contributed by atoms with Gasteiger partial charge in [-0.3, -0.25) is 4.79 Å². The van der Waals surface area contributed by atoms with E-state index in [4.69, 9.17) is 0 Å². The highest BCUT2D eigenvalue weighted by molar-refractivity contribution is 6.02. The number of piperidine rings is 1. The van der Waals surface area contributed by atoms with E-state index >= 15 is 0 Å². The van der Waals surface area contributed by atoms with Gasteiger partial charge in [-0.15, -0.1) is 0 Å². The van der Waals surface area contributed by atoms with Crippen LogP contribution in [0.4, 0.5) is 0 Å². The van der Waals surface area contributed by atoms with Gasteiger partial charge >= 0.3 is 0 Å². The van der Waals surface area contributed by atoms with Crippen molar-refractivity contribution in [2.75, 3.05) is 26.3 Å². The summed E-state index contributed by atoms with van der Waals surface area (Å²) >= 11 is 0. The SMILES string of the molecule is Cc1nn2ncccc2c1C(=O)N1CC2C(C1)C2(CO)CO. The third-order valence-corrected chi connectivity index (χ3v) is 5.37. The summed E-state index contributed by atoms with van der Waals surface area (Å²) in [5.74, 6) is 0.357. The summed E-state index contributed by atoms with van der Waals surface area (Å²) in [5.41, 5.74) is 1.59. The fourth-order valence-corrected chi connectivity index (χ4v) is 3.95. The standard InChI is InChI=1S/C15H18N4O3/c1-9-13(12-3-2-4-16-19(12)17-9)14(22)18-5-10-11(6-18)15(10,7-20)8-21/h2-4,10-11,20-21H,5-8H2,1H3. The summed E-state index contributed by atoms with van der Waals surface area (Å²) in [6, 6.07) is 3.63. The van der Waals surface area contributed by atoms with Crippen LogP contribution in [0.1, 0.15) is 16.1 Å². The van der Waals surface area contributed by atoms with Gasteiger partial charge in [-0.2, -0.15) is 14.8 Å². The molecule has 2 aromatic heterocycles. The predicted octanol–water partition coefficient (Wildman–Crippen LogP) is -0.289. The number of carbonyl (C=O) groups is 1. The first-order valence-electron chi connectivity index (χ1n) is 7.44. The van der Waals surface area contributed by atoms with Gasteiger partial charge < -0.3 is 15.1 Å². The zero-order valence-electron chi connectivity index (χ0n) is 12.3. The zero-order chi connectivity index (χ0) is 15.5. The Morgan fingerprint density at radius 1 is 1.36 bits per heavy atom. The highest BCUT2D eigenvalue weighted by Crippen LogP contribution is 2.62. The topological polar surface area (TPSA) is 91.0 Å². The molecule has 2 fully saturated rings. The van der Waals surface area contributed by atoms with E-state index in [2.05, 4.69) is 10.2 Å². The lowest BCUT2D eigenvalue weighted by Crippen LogP contribution is -2.36. The summed E-state index contributed by atoms with van der Waals surface area (Å²) < 4.78 is 1.48. The summed E-state index contributed by atoms with van der Waals surface area (Å²) in [6.45, 7) is 2.95. The molecule has 2 aromatic rings. The van der Waals surface area contributed by atoms with Gasteiger partial charge in [0.15, 0.2) is 0 Å². The van der Waals surface area contributed by atoms with Crippen LogP contribution < -0.4 is 0 Å². The van der Waals surface area contributed by atoms with Gasteiger partial charge in [0.1, 0.15) is 5.52 Å². The number of rotatable bonds is 3. The minimum Gasteiger partial charge on any atom is -0.396 e. The molecule has 2 atom stereocenters. The number of aromatic nitrogens is 3. The zero-order valence-corrected chi connectivity index (χ0v) is 12.3. The van der Waals surface area contributed by atoms with E-state index in [-0.39, 0.29) is 36.4 Å². The van der Waals surface area contributed by atoms with Crippen LogP contribution in [-0.4, -0.2) is 62.2 Å². The number of aryl methyl sites for hydroxylation is 1. The van der Waals surface area contributed by atoms with Gasteiger partial charge in [0.05, 0.1) is 24.5 Å². The van der Waals surface area contributed by atoms with Crippen LogP contribution in [0.5, 0.6) is 0 Å². The Balaban J connectivity index is 1.60. The summed E-state index contributed by atoms with van der Waals surface area (Å²) in [7, 11) is 0. The minimum atomic E-state index is -0.380. The number of hydrogen-bond donors (Lipinski definition) is 2. The van der Waals surface area contributed by atoms with Gasteiger partial charge in [0.25, 0.3) is 5.91 Å². The number of fused-ring (bicyclic) bond motifs is 2. The van der Waals surface area contributed by atoms with Crippen LogP contribution in [0.2, 0.25) is 0 Å². The predicted molar refractivity (Wildman–Crippen MR) is 77.2 cm³/mol. The van der Waals surface area contributed by atoms with E-state index in [0.29, 0.717) is 29.9 Å². The average molecular weight is 302 g/mol. The average Bonchev–Trinajstić information content (AvgIpc) is 2.85. The highest BCUT2D eigenvalue weighted by atomic mass is 16.3. The second kappa shape index (κ2) is 4.50. The molecule has 1 amide bonds. The van der Waals surface area contributed by atoms with Crippen LogP contribution >= 0.6 is 0 Å². The second-order valence-electron chi connectivity index (χ2n) is 6.33. The first-order valence-corrected chi connectivity index (χ1v) is 7.44. The van der Waals surface area contributed by atoms with E-state index < -0.39 is 0 Å². The molecule has 22 heavy (non-hydrogen) atoms. The van der Waals surface area contributed by atoms with E-state index in [1.54, 1.807) is 17.2 Å². The molecule has 1 aliphatic carbocycles. The molecular formula is C15H18N4O3. The van der Waals surface area contributed by atoms with Crippen molar-refractivity contribution in [3.8, 4) is 0 Å². The maximum atomic E-state index is 12.8. The van der Waals surface area contributed by atoms with Crippen molar-refractivity contribution in [2.24, 2.45) is 17.3 Å². The van der Waals surface area contributed by atoms with Crippen molar-refractivity contribution in [3.05, 3.63) is 29.6 Å². The van der Waals surface area contributed by atoms with Crippen LogP contribution in [0.15, 0.2) is 18.3 Å². The first-order chi connectivity index (χ1) is 10.6. The van der Waals surface area contributed by atoms with Crippen molar-refractivity contribution in [1.29, 1.82) is 0 Å². The Hall–Kier alpha value is -1.99. The van der Waals surface area contributed by atoms with Crippen molar-refractivity contribution in [2.45, 2.75) is 6.92 Å². The van der Waals surface area contributed by atoms with Crippen LogP contribution in [0, 0.1) is 24.2 Å². The Labute approximate surface area is 127 Å². The normalized spacial score (nSPS) is 25.5. The minimum absolute atomic E-state index is 0.0134. The molecule has 0 radical (unpaired) electrons. The molecular weight excluding hydrogens is 284 g/mol. The smallest absolute Gasteiger partial charge is 0.258 e. The molecule has 2 N–H and O–H groups in total. The molecule has 0 spiro atoms. The summed E-state index contributed by atoms with van der Waals surface area (Å²) in [5, 5.41) is 27.3. The van der Waals surface area contributed by atoms with Crippen molar-refractivity contribution in [3.63, 3.8) is 0 Å². The fourth-order valence-electron chi connectivity index (χ4n) is 3.95. The molecule has 4 rings (SSSR count). The summed E-state index contributed by atoms with van der Waals surface area (Å²) in [4.78, 5) is 14.6.